The maximum atomic E-state index is 12.0. The third kappa shape index (κ3) is 4.52. The summed E-state index contributed by atoms with van der Waals surface area (Å²) in [5.41, 5.74) is 1.35. The maximum absolute atomic E-state index is 12.0. The number of carbonyl (C=O) groups is 1. The lowest BCUT2D eigenvalue weighted by Crippen LogP contribution is -2.09. The molecule has 0 spiro atoms. The summed E-state index contributed by atoms with van der Waals surface area (Å²) in [7, 11) is 0. The number of halogens is 2. The van der Waals surface area contributed by atoms with Crippen LogP contribution in [-0.4, -0.2) is 12.5 Å². The monoisotopic (exact) mass is 335 g/mol. The highest BCUT2D eigenvalue weighted by Crippen LogP contribution is 2.24. The second-order valence-electron chi connectivity index (χ2n) is 4.42. The molecule has 0 aromatic heterocycles. The van der Waals surface area contributed by atoms with Crippen LogP contribution in [0, 0.1) is 0 Å². The number of anilines is 1. The molecule has 0 heterocycles. The standard InChI is InChI=1S/C17H15Cl2NO2/c1-2-22-16-6-4-3-5-15(16)20-17(21)10-8-12-7-9-13(18)11-14(12)19/h3-11H,2H2,1H3,(H,20,21)/b10-8+. The van der Waals surface area contributed by atoms with Gasteiger partial charge in [0, 0.05) is 16.1 Å². The second-order valence-corrected chi connectivity index (χ2v) is 5.26. The van der Waals surface area contributed by atoms with Crippen molar-refractivity contribution in [2.24, 2.45) is 0 Å². The molecule has 2 rings (SSSR count). The summed E-state index contributed by atoms with van der Waals surface area (Å²) >= 11 is 11.9. The number of carbonyl (C=O) groups excluding carboxylic acids is 1. The van der Waals surface area contributed by atoms with E-state index in [9.17, 15) is 4.79 Å². The fraction of sp³-hybridized carbons (Fsp3) is 0.118. The number of hydrogen-bond donors (Lipinski definition) is 1. The van der Waals surface area contributed by atoms with Gasteiger partial charge in [-0.05, 0) is 42.8 Å². The van der Waals surface area contributed by atoms with E-state index in [-0.39, 0.29) is 5.91 Å². The van der Waals surface area contributed by atoms with Gasteiger partial charge in [0.05, 0.1) is 12.3 Å². The van der Waals surface area contributed by atoms with E-state index in [1.165, 1.54) is 6.08 Å². The SMILES string of the molecule is CCOc1ccccc1NC(=O)/C=C/c1ccc(Cl)cc1Cl. The van der Waals surface area contributed by atoms with Gasteiger partial charge in [-0.2, -0.15) is 0 Å². The van der Waals surface area contributed by atoms with E-state index in [0.29, 0.717) is 28.1 Å². The van der Waals surface area contributed by atoms with Crippen molar-refractivity contribution in [2.75, 3.05) is 11.9 Å². The zero-order valence-corrected chi connectivity index (χ0v) is 13.5. The quantitative estimate of drug-likeness (QED) is 0.777. The van der Waals surface area contributed by atoms with Crippen molar-refractivity contribution >= 4 is 40.9 Å². The van der Waals surface area contributed by atoms with Crippen LogP contribution in [0.4, 0.5) is 5.69 Å². The first-order valence-corrected chi connectivity index (χ1v) is 7.51. The third-order valence-electron chi connectivity index (χ3n) is 2.82. The van der Waals surface area contributed by atoms with Gasteiger partial charge in [-0.1, -0.05) is 41.4 Å². The van der Waals surface area contributed by atoms with Crippen LogP contribution in [0.2, 0.25) is 10.0 Å². The predicted molar refractivity (Wildman–Crippen MR) is 91.7 cm³/mol. The lowest BCUT2D eigenvalue weighted by molar-refractivity contribution is -0.111. The van der Waals surface area contributed by atoms with Crippen LogP contribution >= 0.6 is 23.2 Å². The minimum Gasteiger partial charge on any atom is -0.492 e. The van der Waals surface area contributed by atoms with Crippen molar-refractivity contribution in [1.82, 2.24) is 0 Å². The zero-order valence-electron chi connectivity index (χ0n) is 12.0. The lowest BCUT2D eigenvalue weighted by Gasteiger charge is -2.09. The van der Waals surface area contributed by atoms with Crippen LogP contribution in [0.3, 0.4) is 0 Å². The average Bonchev–Trinajstić information content (AvgIpc) is 2.48. The van der Waals surface area contributed by atoms with Crippen LogP contribution in [-0.2, 0) is 4.79 Å². The number of nitrogens with one attached hydrogen (secondary N) is 1. The Morgan fingerprint density at radius 2 is 2.00 bits per heavy atom. The van der Waals surface area contributed by atoms with Gasteiger partial charge >= 0.3 is 0 Å². The molecule has 22 heavy (non-hydrogen) atoms. The Morgan fingerprint density at radius 3 is 2.73 bits per heavy atom. The van der Waals surface area contributed by atoms with Gasteiger partial charge in [0.2, 0.25) is 5.91 Å². The molecule has 0 aliphatic rings. The van der Waals surface area contributed by atoms with Crippen molar-refractivity contribution in [1.29, 1.82) is 0 Å². The summed E-state index contributed by atoms with van der Waals surface area (Å²) in [6, 6.07) is 12.4. The van der Waals surface area contributed by atoms with Crippen LogP contribution in [0.5, 0.6) is 5.75 Å². The van der Waals surface area contributed by atoms with Crippen LogP contribution in [0.25, 0.3) is 6.08 Å². The minimum atomic E-state index is -0.266. The summed E-state index contributed by atoms with van der Waals surface area (Å²) in [5, 5.41) is 3.82. The Hall–Kier alpha value is -1.97. The molecule has 0 atom stereocenters. The zero-order chi connectivity index (χ0) is 15.9. The highest BCUT2D eigenvalue weighted by molar-refractivity contribution is 6.35. The number of rotatable bonds is 5. The fourth-order valence-corrected chi connectivity index (χ4v) is 2.30. The first kappa shape index (κ1) is 16.4. The molecular formula is C17H15Cl2NO2. The van der Waals surface area contributed by atoms with Gasteiger partial charge in [-0.15, -0.1) is 0 Å². The molecule has 0 bridgehead atoms. The molecule has 0 aliphatic carbocycles. The number of para-hydroxylation sites is 2. The average molecular weight is 336 g/mol. The molecule has 0 radical (unpaired) electrons. The molecule has 0 saturated carbocycles. The molecule has 1 amide bonds. The molecule has 1 N–H and O–H groups in total. The summed E-state index contributed by atoms with van der Waals surface area (Å²) in [5.74, 6) is 0.370. The van der Waals surface area contributed by atoms with Crippen LogP contribution in [0.1, 0.15) is 12.5 Å². The number of amides is 1. The third-order valence-corrected chi connectivity index (χ3v) is 3.38. The second kappa shape index (κ2) is 7.87. The Morgan fingerprint density at radius 1 is 1.23 bits per heavy atom. The van der Waals surface area contributed by atoms with Gasteiger partial charge in [0.25, 0.3) is 0 Å². The summed E-state index contributed by atoms with van der Waals surface area (Å²) < 4.78 is 5.46. The number of ether oxygens (including phenoxy) is 1. The minimum absolute atomic E-state index is 0.266. The topological polar surface area (TPSA) is 38.3 Å². The van der Waals surface area contributed by atoms with E-state index in [0.717, 1.165) is 5.56 Å². The number of hydrogen-bond acceptors (Lipinski definition) is 2. The van der Waals surface area contributed by atoms with Gasteiger partial charge in [-0.25, -0.2) is 0 Å². The lowest BCUT2D eigenvalue weighted by atomic mass is 10.2. The summed E-state index contributed by atoms with van der Waals surface area (Å²) in [6.45, 7) is 2.42. The van der Waals surface area contributed by atoms with Crippen molar-refractivity contribution in [3.05, 3.63) is 64.1 Å². The molecule has 0 fully saturated rings. The number of benzene rings is 2. The Labute approximate surface area is 139 Å². The highest BCUT2D eigenvalue weighted by atomic mass is 35.5. The Balaban J connectivity index is 2.08. The van der Waals surface area contributed by atoms with Gasteiger partial charge in [-0.3, -0.25) is 4.79 Å². The van der Waals surface area contributed by atoms with E-state index < -0.39 is 0 Å². The van der Waals surface area contributed by atoms with Crippen LogP contribution < -0.4 is 10.1 Å². The van der Waals surface area contributed by atoms with E-state index in [4.69, 9.17) is 27.9 Å². The highest BCUT2D eigenvalue weighted by Gasteiger charge is 2.05. The van der Waals surface area contributed by atoms with Gasteiger partial charge in [0.15, 0.2) is 0 Å². The van der Waals surface area contributed by atoms with Crippen molar-refractivity contribution in [3.8, 4) is 5.75 Å². The molecule has 2 aromatic rings. The fourth-order valence-electron chi connectivity index (χ4n) is 1.83. The van der Waals surface area contributed by atoms with E-state index in [2.05, 4.69) is 5.32 Å². The summed E-state index contributed by atoms with van der Waals surface area (Å²) in [4.78, 5) is 12.0. The maximum Gasteiger partial charge on any atom is 0.248 e. The Bertz CT molecular complexity index is 699. The molecule has 114 valence electrons. The molecule has 3 nitrogen and oxygen atoms in total. The molecular weight excluding hydrogens is 321 g/mol. The predicted octanol–water partition coefficient (Wildman–Crippen LogP) is 5.04. The molecule has 5 heteroatoms. The van der Waals surface area contributed by atoms with Gasteiger partial charge in [0.1, 0.15) is 5.75 Å². The van der Waals surface area contributed by atoms with E-state index in [1.54, 1.807) is 36.4 Å². The largest absolute Gasteiger partial charge is 0.492 e. The van der Waals surface area contributed by atoms with E-state index in [1.807, 2.05) is 19.1 Å². The molecule has 0 aliphatic heterocycles. The van der Waals surface area contributed by atoms with Crippen molar-refractivity contribution in [3.63, 3.8) is 0 Å². The molecule has 2 aromatic carbocycles. The van der Waals surface area contributed by atoms with Crippen LogP contribution in [0.15, 0.2) is 48.5 Å². The first-order valence-electron chi connectivity index (χ1n) is 6.76. The summed E-state index contributed by atoms with van der Waals surface area (Å²) in [6.07, 6.45) is 3.05. The van der Waals surface area contributed by atoms with E-state index >= 15 is 0 Å². The smallest absolute Gasteiger partial charge is 0.248 e. The van der Waals surface area contributed by atoms with Gasteiger partial charge < -0.3 is 10.1 Å². The van der Waals surface area contributed by atoms with Crippen molar-refractivity contribution in [2.45, 2.75) is 6.92 Å². The normalized spacial score (nSPS) is 10.7. The first-order chi connectivity index (χ1) is 10.6. The van der Waals surface area contributed by atoms with Crippen molar-refractivity contribution < 1.29 is 9.53 Å². The molecule has 0 saturated heterocycles. The molecule has 0 unspecified atom stereocenters. The Kier molecular flexibility index (Phi) is 5.87.